The lowest BCUT2D eigenvalue weighted by molar-refractivity contribution is -0.122. The lowest BCUT2D eigenvalue weighted by Gasteiger charge is -2.10. The molecule has 0 fully saturated rings. The summed E-state index contributed by atoms with van der Waals surface area (Å²) in [5, 5.41) is 8.81. The maximum absolute atomic E-state index is 11.9. The Morgan fingerprint density at radius 3 is 2.85 bits per heavy atom. The van der Waals surface area contributed by atoms with Crippen LogP contribution in [-0.4, -0.2) is 31.4 Å². The van der Waals surface area contributed by atoms with Gasteiger partial charge in [0.2, 0.25) is 11.8 Å². The van der Waals surface area contributed by atoms with Crippen LogP contribution in [-0.2, 0) is 9.59 Å². The van der Waals surface area contributed by atoms with Gasteiger partial charge in [0.25, 0.3) is 0 Å². The number of carbonyl (C=O) groups is 2. The van der Waals surface area contributed by atoms with E-state index in [1.807, 2.05) is 25.1 Å². The summed E-state index contributed by atoms with van der Waals surface area (Å²) >= 11 is 0. The molecule has 5 nitrogen and oxygen atoms in total. The molecule has 0 spiro atoms. The highest BCUT2D eigenvalue weighted by Gasteiger charge is 2.23. The fraction of sp³-hybridized carbons (Fsp3) is 0.467. The van der Waals surface area contributed by atoms with Crippen LogP contribution in [0.4, 0.5) is 5.69 Å². The van der Waals surface area contributed by atoms with Gasteiger partial charge in [-0.25, -0.2) is 0 Å². The lowest BCUT2D eigenvalue weighted by Crippen LogP contribution is -2.31. The summed E-state index contributed by atoms with van der Waals surface area (Å²) < 4.78 is 0. The monoisotopic (exact) mass is 275 g/mol. The summed E-state index contributed by atoms with van der Waals surface area (Å²) in [4.78, 5) is 23.1. The molecule has 20 heavy (non-hydrogen) atoms. The Bertz CT molecular complexity index is 488. The first-order valence-electron chi connectivity index (χ1n) is 7.07. The van der Waals surface area contributed by atoms with E-state index in [1.165, 1.54) is 5.56 Å². The van der Waals surface area contributed by atoms with Gasteiger partial charge in [0.15, 0.2) is 0 Å². The second kappa shape index (κ2) is 6.93. The van der Waals surface area contributed by atoms with Gasteiger partial charge in [-0.1, -0.05) is 18.2 Å². The molecule has 1 unspecified atom stereocenters. The molecule has 0 aromatic heterocycles. The molecule has 5 heteroatoms. The zero-order valence-corrected chi connectivity index (χ0v) is 11.7. The van der Waals surface area contributed by atoms with Gasteiger partial charge in [-0.05, 0) is 18.6 Å². The van der Waals surface area contributed by atoms with Crippen molar-refractivity contribution in [2.75, 3.05) is 25.0 Å². The third kappa shape index (κ3) is 3.73. The predicted octanol–water partition coefficient (Wildman–Crippen LogP) is 1.23. The first kappa shape index (κ1) is 14.4. The van der Waals surface area contributed by atoms with Crippen molar-refractivity contribution in [3.8, 4) is 0 Å². The highest BCUT2D eigenvalue weighted by atomic mass is 16.2. The van der Waals surface area contributed by atoms with Gasteiger partial charge in [0, 0.05) is 44.1 Å². The average molecular weight is 275 g/mol. The molecule has 0 saturated heterocycles. The van der Waals surface area contributed by atoms with Crippen LogP contribution >= 0.6 is 0 Å². The van der Waals surface area contributed by atoms with E-state index in [9.17, 15) is 9.59 Å². The van der Waals surface area contributed by atoms with E-state index >= 15 is 0 Å². The molecule has 0 radical (unpaired) electrons. The van der Waals surface area contributed by atoms with Crippen LogP contribution in [0.1, 0.15) is 31.2 Å². The molecule has 1 aromatic rings. The average Bonchev–Trinajstić information content (AvgIpc) is 2.83. The quantitative estimate of drug-likeness (QED) is 0.731. The molecule has 1 aromatic carbocycles. The van der Waals surface area contributed by atoms with Gasteiger partial charge in [-0.2, -0.15) is 0 Å². The number of nitrogens with one attached hydrogen (secondary N) is 3. The van der Waals surface area contributed by atoms with Crippen molar-refractivity contribution < 1.29 is 9.59 Å². The summed E-state index contributed by atoms with van der Waals surface area (Å²) in [5.74, 6) is 0.189. The number of anilines is 1. The van der Waals surface area contributed by atoms with Crippen molar-refractivity contribution in [1.29, 1.82) is 0 Å². The zero-order valence-electron chi connectivity index (χ0n) is 11.7. The van der Waals surface area contributed by atoms with E-state index in [2.05, 4.69) is 22.0 Å². The van der Waals surface area contributed by atoms with Crippen LogP contribution in [0, 0.1) is 0 Å². The van der Waals surface area contributed by atoms with Crippen LogP contribution in [0.2, 0.25) is 0 Å². The minimum atomic E-state index is -0.0271. The van der Waals surface area contributed by atoms with Crippen LogP contribution in [0.3, 0.4) is 0 Å². The van der Waals surface area contributed by atoms with Gasteiger partial charge in [0.05, 0.1) is 0 Å². The Labute approximate surface area is 119 Å². The summed E-state index contributed by atoms with van der Waals surface area (Å²) in [6.45, 7) is 3.69. The molecule has 1 aliphatic rings. The molecule has 0 aliphatic carbocycles. The van der Waals surface area contributed by atoms with Crippen molar-refractivity contribution in [3.05, 3.63) is 29.8 Å². The SMILES string of the molecule is CCNC(=O)CCNC(=O)CC1CNc2ccccc21. The standard InChI is InChI=1S/C15H21N3O2/c1-2-16-14(19)7-8-17-15(20)9-11-10-18-13-6-4-3-5-12(11)13/h3-6,11,18H,2,7-10H2,1H3,(H,16,19)(H,17,20). The first-order valence-corrected chi connectivity index (χ1v) is 7.07. The smallest absolute Gasteiger partial charge is 0.221 e. The van der Waals surface area contributed by atoms with Crippen molar-refractivity contribution in [2.45, 2.75) is 25.7 Å². The number of amides is 2. The first-order chi connectivity index (χ1) is 9.70. The van der Waals surface area contributed by atoms with Gasteiger partial charge in [-0.15, -0.1) is 0 Å². The third-order valence-corrected chi connectivity index (χ3v) is 3.42. The minimum Gasteiger partial charge on any atom is -0.384 e. The molecule has 1 atom stereocenters. The molecule has 2 amide bonds. The van der Waals surface area contributed by atoms with Crippen LogP contribution in [0.5, 0.6) is 0 Å². The molecule has 0 bridgehead atoms. The van der Waals surface area contributed by atoms with E-state index in [4.69, 9.17) is 0 Å². The number of rotatable bonds is 6. The van der Waals surface area contributed by atoms with Gasteiger partial charge >= 0.3 is 0 Å². The highest BCUT2D eigenvalue weighted by Crippen LogP contribution is 2.32. The summed E-state index contributed by atoms with van der Waals surface area (Å²) in [7, 11) is 0. The maximum Gasteiger partial charge on any atom is 0.221 e. The zero-order chi connectivity index (χ0) is 14.4. The Morgan fingerprint density at radius 2 is 2.05 bits per heavy atom. The molecule has 0 saturated carbocycles. The molecule has 2 rings (SSSR count). The van der Waals surface area contributed by atoms with Crippen LogP contribution in [0.25, 0.3) is 0 Å². The second-order valence-corrected chi connectivity index (χ2v) is 4.92. The summed E-state index contributed by atoms with van der Waals surface area (Å²) in [5.41, 5.74) is 2.32. The third-order valence-electron chi connectivity index (χ3n) is 3.42. The molecule has 108 valence electrons. The number of fused-ring (bicyclic) bond motifs is 1. The maximum atomic E-state index is 11.9. The summed E-state index contributed by atoms with van der Waals surface area (Å²) in [6, 6.07) is 8.07. The topological polar surface area (TPSA) is 70.2 Å². The summed E-state index contributed by atoms with van der Waals surface area (Å²) in [6.07, 6.45) is 0.790. The number of para-hydroxylation sites is 1. The Kier molecular flexibility index (Phi) is 4.98. The molecule has 1 heterocycles. The van der Waals surface area contributed by atoms with Gasteiger partial charge < -0.3 is 16.0 Å². The number of benzene rings is 1. The van der Waals surface area contributed by atoms with Crippen molar-refractivity contribution in [2.24, 2.45) is 0 Å². The van der Waals surface area contributed by atoms with E-state index in [0.29, 0.717) is 25.9 Å². The van der Waals surface area contributed by atoms with Crippen molar-refractivity contribution in [1.82, 2.24) is 10.6 Å². The molecule has 3 N–H and O–H groups in total. The molecule has 1 aliphatic heterocycles. The molecular weight excluding hydrogens is 254 g/mol. The highest BCUT2D eigenvalue weighted by molar-refractivity contribution is 5.80. The Morgan fingerprint density at radius 1 is 1.25 bits per heavy atom. The van der Waals surface area contributed by atoms with E-state index in [0.717, 1.165) is 12.2 Å². The normalized spacial score (nSPS) is 16.1. The van der Waals surface area contributed by atoms with E-state index in [1.54, 1.807) is 0 Å². The number of carbonyl (C=O) groups excluding carboxylic acids is 2. The van der Waals surface area contributed by atoms with E-state index in [-0.39, 0.29) is 17.7 Å². The minimum absolute atomic E-state index is 0.00204. The number of hydrogen-bond acceptors (Lipinski definition) is 3. The van der Waals surface area contributed by atoms with E-state index < -0.39 is 0 Å². The Hall–Kier alpha value is -2.04. The number of hydrogen-bond donors (Lipinski definition) is 3. The van der Waals surface area contributed by atoms with Gasteiger partial charge in [0.1, 0.15) is 0 Å². The predicted molar refractivity (Wildman–Crippen MR) is 78.6 cm³/mol. The molecular formula is C15H21N3O2. The Balaban J connectivity index is 1.75. The lowest BCUT2D eigenvalue weighted by atomic mass is 9.97. The second-order valence-electron chi connectivity index (χ2n) is 4.92. The van der Waals surface area contributed by atoms with Crippen molar-refractivity contribution in [3.63, 3.8) is 0 Å². The van der Waals surface area contributed by atoms with Crippen LogP contribution < -0.4 is 16.0 Å². The fourth-order valence-electron chi connectivity index (χ4n) is 2.44. The fourth-order valence-corrected chi connectivity index (χ4v) is 2.44. The van der Waals surface area contributed by atoms with Gasteiger partial charge in [-0.3, -0.25) is 9.59 Å². The largest absolute Gasteiger partial charge is 0.384 e. The van der Waals surface area contributed by atoms with Crippen LogP contribution in [0.15, 0.2) is 24.3 Å². The van der Waals surface area contributed by atoms with Crippen molar-refractivity contribution >= 4 is 17.5 Å².